The SMILES string of the molecule is COc1ccc(C)cc1NCC(=O)Nc1ccc(Cl)cc1F. The lowest BCUT2D eigenvalue weighted by atomic mass is 10.2. The lowest BCUT2D eigenvalue weighted by Crippen LogP contribution is -2.22. The second-order valence-corrected chi connectivity index (χ2v) is 5.17. The fourth-order valence-corrected chi connectivity index (χ4v) is 2.08. The van der Waals surface area contributed by atoms with Crippen LogP contribution in [0.25, 0.3) is 0 Å². The number of aryl methyl sites for hydroxylation is 1. The number of nitrogens with one attached hydrogen (secondary N) is 2. The third-order valence-electron chi connectivity index (χ3n) is 3.00. The maximum absolute atomic E-state index is 13.6. The first-order chi connectivity index (χ1) is 10.5. The number of carbonyl (C=O) groups excluding carboxylic acids is 1. The standard InChI is InChI=1S/C16H16ClFN2O2/c1-10-3-6-15(22-2)14(7-10)19-9-16(21)20-13-5-4-11(17)8-12(13)18/h3-8,19H,9H2,1-2H3,(H,20,21). The number of rotatable bonds is 5. The molecule has 0 aliphatic heterocycles. The second-order valence-electron chi connectivity index (χ2n) is 4.73. The van der Waals surface area contributed by atoms with Crippen molar-refractivity contribution in [3.05, 3.63) is 52.8 Å². The molecular weight excluding hydrogens is 307 g/mol. The van der Waals surface area contributed by atoms with Crippen LogP contribution in [0, 0.1) is 12.7 Å². The molecule has 0 spiro atoms. The number of hydrogen-bond acceptors (Lipinski definition) is 3. The van der Waals surface area contributed by atoms with Gasteiger partial charge in [-0.15, -0.1) is 0 Å². The molecule has 0 saturated carbocycles. The number of hydrogen-bond donors (Lipinski definition) is 2. The van der Waals surface area contributed by atoms with Gasteiger partial charge in [-0.2, -0.15) is 0 Å². The Labute approximate surface area is 133 Å². The molecule has 2 rings (SSSR count). The zero-order chi connectivity index (χ0) is 16.1. The van der Waals surface area contributed by atoms with E-state index in [-0.39, 0.29) is 23.2 Å². The molecule has 6 heteroatoms. The molecule has 22 heavy (non-hydrogen) atoms. The zero-order valence-electron chi connectivity index (χ0n) is 12.2. The van der Waals surface area contributed by atoms with Crippen molar-refractivity contribution in [1.82, 2.24) is 0 Å². The molecule has 0 radical (unpaired) electrons. The zero-order valence-corrected chi connectivity index (χ0v) is 13.0. The van der Waals surface area contributed by atoms with Gasteiger partial charge < -0.3 is 15.4 Å². The fourth-order valence-electron chi connectivity index (χ4n) is 1.92. The van der Waals surface area contributed by atoms with Crippen molar-refractivity contribution in [2.24, 2.45) is 0 Å². The van der Waals surface area contributed by atoms with Crippen molar-refractivity contribution in [2.45, 2.75) is 6.92 Å². The Balaban J connectivity index is 2.00. The molecule has 0 fully saturated rings. The number of amides is 1. The maximum Gasteiger partial charge on any atom is 0.243 e. The molecule has 0 aliphatic rings. The Morgan fingerprint density at radius 2 is 2.00 bits per heavy atom. The van der Waals surface area contributed by atoms with Gasteiger partial charge in [-0.1, -0.05) is 17.7 Å². The molecule has 0 bridgehead atoms. The highest BCUT2D eigenvalue weighted by Gasteiger charge is 2.09. The van der Waals surface area contributed by atoms with E-state index >= 15 is 0 Å². The number of anilines is 2. The van der Waals surface area contributed by atoms with E-state index in [0.29, 0.717) is 11.4 Å². The van der Waals surface area contributed by atoms with E-state index in [1.165, 1.54) is 12.1 Å². The lowest BCUT2D eigenvalue weighted by Gasteiger charge is -2.12. The van der Waals surface area contributed by atoms with Crippen molar-refractivity contribution in [3.63, 3.8) is 0 Å². The van der Waals surface area contributed by atoms with Crippen LogP contribution in [0.3, 0.4) is 0 Å². The van der Waals surface area contributed by atoms with Crippen molar-refractivity contribution in [2.75, 3.05) is 24.3 Å². The minimum atomic E-state index is -0.575. The number of methoxy groups -OCH3 is 1. The Hall–Kier alpha value is -2.27. The largest absolute Gasteiger partial charge is 0.495 e. The Kier molecular flexibility index (Phi) is 5.22. The Bertz CT molecular complexity index is 692. The van der Waals surface area contributed by atoms with Gasteiger partial charge in [0.25, 0.3) is 0 Å². The van der Waals surface area contributed by atoms with E-state index < -0.39 is 5.82 Å². The van der Waals surface area contributed by atoms with Gasteiger partial charge in [-0.05, 0) is 42.8 Å². The Morgan fingerprint density at radius 3 is 2.68 bits per heavy atom. The molecule has 4 nitrogen and oxygen atoms in total. The first kappa shape index (κ1) is 16.1. The summed E-state index contributed by atoms with van der Waals surface area (Å²) in [5, 5.41) is 5.73. The van der Waals surface area contributed by atoms with Crippen molar-refractivity contribution in [1.29, 1.82) is 0 Å². The monoisotopic (exact) mass is 322 g/mol. The summed E-state index contributed by atoms with van der Waals surface area (Å²) in [6.45, 7) is 1.93. The average molecular weight is 323 g/mol. The molecule has 2 aromatic carbocycles. The van der Waals surface area contributed by atoms with Crippen LogP contribution >= 0.6 is 11.6 Å². The second kappa shape index (κ2) is 7.13. The van der Waals surface area contributed by atoms with Gasteiger partial charge >= 0.3 is 0 Å². The van der Waals surface area contributed by atoms with E-state index in [2.05, 4.69) is 10.6 Å². The number of ether oxygens (including phenoxy) is 1. The molecule has 0 aromatic heterocycles. The number of halogens is 2. The van der Waals surface area contributed by atoms with Crippen LogP contribution in [0.5, 0.6) is 5.75 Å². The van der Waals surface area contributed by atoms with Gasteiger partial charge in [0.1, 0.15) is 11.6 Å². The van der Waals surface area contributed by atoms with Crippen LogP contribution < -0.4 is 15.4 Å². The highest BCUT2D eigenvalue weighted by molar-refractivity contribution is 6.30. The third kappa shape index (κ3) is 4.11. The van der Waals surface area contributed by atoms with Crippen LogP contribution in [-0.4, -0.2) is 19.6 Å². The van der Waals surface area contributed by atoms with Crippen LogP contribution in [0.2, 0.25) is 5.02 Å². The average Bonchev–Trinajstić information content (AvgIpc) is 2.48. The van der Waals surface area contributed by atoms with E-state index in [9.17, 15) is 9.18 Å². The van der Waals surface area contributed by atoms with Gasteiger partial charge in [-0.25, -0.2) is 4.39 Å². The fraction of sp³-hybridized carbons (Fsp3) is 0.188. The van der Waals surface area contributed by atoms with Crippen molar-refractivity contribution in [3.8, 4) is 5.75 Å². The molecule has 2 N–H and O–H groups in total. The van der Waals surface area contributed by atoms with Crippen molar-refractivity contribution < 1.29 is 13.9 Å². The summed E-state index contributed by atoms with van der Waals surface area (Å²) in [6, 6.07) is 9.67. The third-order valence-corrected chi connectivity index (χ3v) is 3.23. The highest BCUT2D eigenvalue weighted by atomic mass is 35.5. The van der Waals surface area contributed by atoms with Crippen LogP contribution in [-0.2, 0) is 4.79 Å². The van der Waals surface area contributed by atoms with E-state index in [0.717, 1.165) is 11.6 Å². The topological polar surface area (TPSA) is 50.4 Å². The van der Waals surface area contributed by atoms with Crippen LogP contribution in [0.15, 0.2) is 36.4 Å². The van der Waals surface area contributed by atoms with Gasteiger partial charge in [0.05, 0.1) is 25.0 Å². The van der Waals surface area contributed by atoms with E-state index in [4.69, 9.17) is 16.3 Å². The Morgan fingerprint density at radius 1 is 1.23 bits per heavy atom. The molecule has 0 aliphatic carbocycles. The quantitative estimate of drug-likeness (QED) is 0.879. The van der Waals surface area contributed by atoms with Gasteiger partial charge in [0.15, 0.2) is 0 Å². The highest BCUT2D eigenvalue weighted by Crippen LogP contribution is 2.25. The van der Waals surface area contributed by atoms with Crippen LogP contribution in [0.4, 0.5) is 15.8 Å². The predicted molar refractivity (Wildman–Crippen MR) is 86.3 cm³/mol. The molecule has 0 saturated heterocycles. The van der Waals surface area contributed by atoms with Crippen LogP contribution in [0.1, 0.15) is 5.56 Å². The first-order valence-corrected chi connectivity index (χ1v) is 7.01. The predicted octanol–water partition coefficient (Wildman–Crippen LogP) is 3.85. The summed E-state index contributed by atoms with van der Waals surface area (Å²) in [6.07, 6.45) is 0. The van der Waals surface area contributed by atoms with Gasteiger partial charge in [0.2, 0.25) is 5.91 Å². The summed E-state index contributed by atoms with van der Waals surface area (Å²) >= 11 is 5.66. The first-order valence-electron chi connectivity index (χ1n) is 6.63. The summed E-state index contributed by atoms with van der Waals surface area (Å²) in [4.78, 5) is 11.9. The van der Waals surface area contributed by atoms with Gasteiger partial charge in [0, 0.05) is 5.02 Å². The van der Waals surface area contributed by atoms with E-state index in [1.54, 1.807) is 7.11 Å². The minimum absolute atomic E-state index is 0.0120. The summed E-state index contributed by atoms with van der Waals surface area (Å²) < 4.78 is 18.8. The summed E-state index contributed by atoms with van der Waals surface area (Å²) in [5.74, 6) is -0.310. The van der Waals surface area contributed by atoms with Crippen molar-refractivity contribution >= 4 is 28.9 Å². The maximum atomic E-state index is 13.6. The normalized spacial score (nSPS) is 10.2. The van der Waals surface area contributed by atoms with E-state index in [1.807, 2.05) is 25.1 Å². The van der Waals surface area contributed by atoms with Gasteiger partial charge in [-0.3, -0.25) is 4.79 Å². The molecule has 0 heterocycles. The smallest absolute Gasteiger partial charge is 0.243 e. The summed E-state index contributed by atoms with van der Waals surface area (Å²) in [7, 11) is 1.55. The molecule has 0 unspecified atom stereocenters. The molecular formula is C16H16ClFN2O2. The molecule has 1 amide bonds. The lowest BCUT2D eigenvalue weighted by molar-refractivity contribution is -0.114. The molecule has 0 atom stereocenters. The number of benzene rings is 2. The molecule has 116 valence electrons. The summed E-state index contributed by atoms with van der Waals surface area (Å²) in [5.41, 5.74) is 1.83. The molecule has 2 aromatic rings. The number of carbonyl (C=O) groups is 1. The minimum Gasteiger partial charge on any atom is -0.495 e.